The van der Waals surface area contributed by atoms with Crippen LogP contribution in [-0.2, 0) is 25.3 Å². The number of ketones is 3. The largest absolute Gasteiger partial charge is 0.465 e. The van der Waals surface area contributed by atoms with Crippen molar-refractivity contribution in [3.8, 4) is 0 Å². The summed E-state index contributed by atoms with van der Waals surface area (Å²) in [7, 11) is 0. The zero-order valence-corrected chi connectivity index (χ0v) is 15.4. The van der Waals surface area contributed by atoms with Gasteiger partial charge in [0.1, 0.15) is 17.0 Å². The number of Topliss-reactive ketones (excluding diaryl/α,β-unsaturated/α-hetero) is 3. The van der Waals surface area contributed by atoms with Crippen LogP contribution in [0.15, 0.2) is 12.1 Å². The zero-order chi connectivity index (χ0) is 21.0. The Morgan fingerprint density at radius 2 is 1.93 bits per heavy atom. The molecule has 6 nitrogen and oxygen atoms in total. The molecular formula is C19H18F3NO5. The number of pyridine rings is 1. The highest BCUT2D eigenvalue weighted by Gasteiger charge is 2.69. The quantitative estimate of drug-likeness (QED) is 0.441. The molecular weight excluding hydrogens is 379 g/mol. The van der Waals surface area contributed by atoms with Crippen molar-refractivity contribution in [2.24, 2.45) is 23.2 Å². The molecule has 9 heteroatoms. The molecule has 0 aromatic carbocycles. The van der Waals surface area contributed by atoms with Gasteiger partial charge in [-0.05, 0) is 45.2 Å². The van der Waals surface area contributed by atoms with Crippen molar-refractivity contribution in [2.45, 2.75) is 33.4 Å². The summed E-state index contributed by atoms with van der Waals surface area (Å²) in [6, 6.07) is 1.54. The standard InChI is InChI=1S/C19H18F3NO5/c1-4-28-17(27)18(3)11-7-10(11)15(25)13(16(18)26)14(24)9-5-6-12(19(20,21)22)23-8(9)2/h5-6,10-11,13H,4,7H2,1-3H3/t10-,11-,13?,18?/m1/s1. The lowest BCUT2D eigenvalue weighted by molar-refractivity contribution is -0.164. The highest BCUT2D eigenvalue weighted by Crippen LogP contribution is 2.58. The predicted octanol–water partition coefficient (Wildman–Crippen LogP) is 2.57. The van der Waals surface area contributed by atoms with Gasteiger partial charge in [0.05, 0.1) is 6.61 Å². The highest BCUT2D eigenvalue weighted by atomic mass is 19.4. The summed E-state index contributed by atoms with van der Waals surface area (Å²) < 4.78 is 43.4. The minimum Gasteiger partial charge on any atom is -0.465 e. The van der Waals surface area contributed by atoms with E-state index in [4.69, 9.17) is 4.74 Å². The number of aromatic nitrogens is 1. The molecule has 1 heterocycles. The molecule has 0 saturated heterocycles. The lowest BCUT2D eigenvalue weighted by atomic mass is 9.67. The number of rotatable bonds is 4. The number of esters is 1. The molecule has 1 aromatic rings. The Balaban J connectivity index is 1.98. The first-order valence-electron chi connectivity index (χ1n) is 8.78. The van der Waals surface area contributed by atoms with E-state index in [0.717, 1.165) is 6.07 Å². The number of nitrogens with zero attached hydrogens (tertiary/aromatic N) is 1. The van der Waals surface area contributed by atoms with Gasteiger partial charge in [0.15, 0.2) is 17.3 Å². The van der Waals surface area contributed by atoms with E-state index in [2.05, 4.69) is 4.98 Å². The minimum atomic E-state index is -4.69. The normalized spacial score (nSPS) is 29.3. The summed E-state index contributed by atoms with van der Waals surface area (Å²) in [4.78, 5) is 54.3. The molecule has 3 rings (SSSR count). The first-order valence-corrected chi connectivity index (χ1v) is 8.78. The Labute approximate surface area is 158 Å². The van der Waals surface area contributed by atoms with Gasteiger partial charge < -0.3 is 4.74 Å². The van der Waals surface area contributed by atoms with Gasteiger partial charge in [0.2, 0.25) is 0 Å². The molecule has 150 valence electrons. The molecule has 2 fully saturated rings. The molecule has 0 radical (unpaired) electrons. The maximum Gasteiger partial charge on any atom is 0.433 e. The Morgan fingerprint density at radius 1 is 1.29 bits per heavy atom. The Kier molecular flexibility index (Phi) is 4.68. The van der Waals surface area contributed by atoms with Gasteiger partial charge in [-0.3, -0.25) is 19.2 Å². The molecule has 0 N–H and O–H groups in total. The molecule has 0 bridgehead atoms. The lowest BCUT2D eigenvalue weighted by Gasteiger charge is -2.33. The van der Waals surface area contributed by atoms with Crippen LogP contribution in [0.5, 0.6) is 0 Å². The van der Waals surface area contributed by atoms with E-state index in [1.165, 1.54) is 13.8 Å². The van der Waals surface area contributed by atoms with Crippen LogP contribution in [0.25, 0.3) is 0 Å². The fraction of sp³-hybridized carbons (Fsp3) is 0.526. The summed E-state index contributed by atoms with van der Waals surface area (Å²) in [5, 5.41) is 0. The molecule has 0 aliphatic heterocycles. The third-order valence-corrected chi connectivity index (χ3v) is 5.56. The van der Waals surface area contributed by atoms with Crippen molar-refractivity contribution in [2.75, 3.05) is 6.61 Å². The van der Waals surface area contributed by atoms with E-state index in [9.17, 15) is 32.3 Å². The van der Waals surface area contributed by atoms with Gasteiger partial charge in [-0.2, -0.15) is 13.2 Å². The van der Waals surface area contributed by atoms with Crippen LogP contribution in [0.2, 0.25) is 0 Å². The molecule has 2 aliphatic carbocycles. The summed E-state index contributed by atoms with van der Waals surface area (Å²) in [6.45, 7) is 4.17. The van der Waals surface area contributed by atoms with Gasteiger partial charge in [-0.15, -0.1) is 0 Å². The number of alkyl halides is 3. The molecule has 1 aromatic heterocycles. The number of carbonyl (C=O) groups is 4. The second-order valence-corrected chi connectivity index (χ2v) is 7.26. The molecule has 2 unspecified atom stereocenters. The third-order valence-electron chi connectivity index (χ3n) is 5.56. The van der Waals surface area contributed by atoms with Crippen molar-refractivity contribution in [3.05, 3.63) is 29.1 Å². The third kappa shape index (κ3) is 2.93. The van der Waals surface area contributed by atoms with E-state index in [1.807, 2.05) is 0 Å². The molecule has 4 atom stereocenters. The zero-order valence-electron chi connectivity index (χ0n) is 15.4. The van der Waals surface area contributed by atoms with Crippen molar-refractivity contribution in [3.63, 3.8) is 0 Å². The summed E-state index contributed by atoms with van der Waals surface area (Å²) in [5.74, 6) is -6.05. The number of hydrogen-bond acceptors (Lipinski definition) is 6. The number of ether oxygens (including phenoxy) is 1. The van der Waals surface area contributed by atoms with Crippen molar-refractivity contribution >= 4 is 23.3 Å². The van der Waals surface area contributed by atoms with Crippen molar-refractivity contribution in [1.82, 2.24) is 4.98 Å². The maximum atomic E-state index is 13.0. The Hall–Kier alpha value is -2.58. The van der Waals surface area contributed by atoms with Gasteiger partial charge in [0, 0.05) is 17.2 Å². The number of hydrogen-bond donors (Lipinski definition) is 0. The Bertz CT molecular complexity index is 894. The first-order chi connectivity index (χ1) is 12.9. The van der Waals surface area contributed by atoms with Gasteiger partial charge in [0.25, 0.3) is 0 Å². The van der Waals surface area contributed by atoms with Gasteiger partial charge in [-0.25, -0.2) is 4.98 Å². The van der Waals surface area contributed by atoms with Crippen molar-refractivity contribution < 1.29 is 37.1 Å². The van der Waals surface area contributed by atoms with Crippen LogP contribution in [-0.4, -0.2) is 34.9 Å². The topological polar surface area (TPSA) is 90.4 Å². The molecule has 0 spiro atoms. The van der Waals surface area contributed by atoms with Crippen LogP contribution in [0, 0.1) is 30.1 Å². The molecule has 28 heavy (non-hydrogen) atoms. The van der Waals surface area contributed by atoms with Crippen LogP contribution < -0.4 is 0 Å². The summed E-state index contributed by atoms with van der Waals surface area (Å²) in [6.07, 6.45) is -4.39. The van der Waals surface area contributed by atoms with Gasteiger partial charge in [-0.1, -0.05) is 0 Å². The first kappa shape index (κ1) is 20.2. The predicted molar refractivity (Wildman–Crippen MR) is 88.1 cm³/mol. The molecule has 0 amide bonds. The fourth-order valence-corrected chi connectivity index (χ4v) is 3.89. The van der Waals surface area contributed by atoms with E-state index >= 15 is 0 Å². The van der Waals surface area contributed by atoms with Crippen LogP contribution in [0.4, 0.5) is 13.2 Å². The van der Waals surface area contributed by atoms with E-state index in [-0.39, 0.29) is 17.9 Å². The van der Waals surface area contributed by atoms with E-state index < -0.39 is 58.4 Å². The number of aryl methyl sites for hydroxylation is 1. The summed E-state index contributed by atoms with van der Waals surface area (Å²) >= 11 is 0. The smallest absolute Gasteiger partial charge is 0.433 e. The van der Waals surface area contributed by atoms with E-state index in [0.29, 0.717) is 12.5 Å². The number of halogens is 3. The second kappa shape index (κ2) is 6.49. The second-order valence-electron chi connectivity index (χ2n) is 7.26. The number of carbonyl (C=O) groups excluding carboxylic acids is 4. The summed E-state index contributed by atoms with van der Waals surface area (Å²) in [5.41, 5.74) is -3.29. The SMILES string of the molecule is CCOC(=O)C1(C)C(=O)C(C(=O)c2ccc(C(F)(F)F)nc2C)C(=O)[C@@H]2C[C@H]21. The Morgan fingerprint density at radius 3 is 2.46 bits per heavy atom. The maximum absolute atomic E-state index is 13.0. The van der Waals surface area contributed by atoms with Crippen molar-refractivity contribution in [1.29, 1.82) is 0 Å². The monoisotopic (exact) mass is 397 g/mol. The van der Waals surface area contributed by atoms with Crippen LogP contribution >= 0.6 is 0 Å². The highest BCUT2D eigenvalue weighted by molar-refractivity contribution is 6.31. The minimum absolute atomic E-state index is 0.0353. The fourth-order valence-electron chi connectivity index (χ4n) is 3.89. The van der Waals surface area contributed by atoms with E-state index in [1.54, 1.807) is 6.92 Å². The molecule has 2 saturated carbocycles. The number of fused-ring (bicyclic) bond motifs is 1. The average molecular weight is 397 g/mol. The van der Waals surface area contributed by atoms with Gasteiger partial charge >= 0.3 is 12.1 Å². The van der Waals surface area contributed by atoms with Crippen LogP contribution in [0.3, 0.4) is 0 Å². The van der Waals surface area contributed by atoms with Crippen LogP contribution in [0.1, 0.15) is 42.0 Å². The molecule has 2 aliphatic rings. The lowest BCUT2D eigenvalue weighted by Crippen LogP contribution is -2.52. The average Bonchev–Trinajstić information content (AvgIpc) is 3.40.